The van der Waals surface area contributed by atoms with E-state index in [-0.39, 0.29) is 5.91 Å². The lowest BCUT2D eigenvalue weighted by Crippen LogP contribution is -2.35. The highest BCUT2D eigenvalue weighted by Crippen LogP contribution is 2.22. The molecule has 4 nitrogen and oxygen atoms in total. The molecule has 2 saturated heterocycles. The van der Waals surface area contributed by atoms with Crippen molar-refractivity contribution in [3.63, 3.8) is 0 Å². The summed E-state index contributed by atoms with van der Waals surface area (Å²) in [6.07, 6.45) is 5.75. The van der Waals surface area contributed by atoms with E-state index in [0.29, 0.717) is 24.8 Å². The maximum Gasteiger partial charge on any atom is 0.220 e. The Morgan fingerprint density at radius 3 is 2.72 bits per heavy atom. The van der Waals surface area contributed by atoms with Gasteiger partial charge in [-0.2, -0.15) is 0 Å². The smallest absolute Gasteiger partial charge is 0.220 e. The Kier molecular flexibility index (Phi) is 6.88. The number of piperidine rings is 1. The minimum atomic E-state index is 0.189. The fourth-order valence-corrected chi connectivity index (χ4v) is 4.16. The van der Waals surface area contributed by atoms with Crippen molar-refractivity contribution in [1.82, 2.24) is 15.5 Å². The number of nitrogens with one attached hydrogen (secondary N) is 2. The summed E-state index contributed by atoms with van der Waals surface area (Å²) in [4.78, 5) is 14.9. The molecule has 2 atom stereocenters. The van der Waals surface area contributed by atoms with E-state index in [0.717, 1.165) is 19.6 Å². The lowest BCUT2D eigenvalue weighted by atomic mass is 9.85. The van der Waals surface area contributed by atoms with Crippen LogP contribution in [-0.4, -0.2) is 37.0 Å². The molecule has 2 heterocycles. The topological polar surface area (TPSA) is 44.4 Å². The van der Waals surface area contributed by atoms with Crippen molar-refractivity contribution < 1.29 is 4.79 Å². The second kappa shape index (κ2) is 9.35. The molecule has 2 unspecified atom stereocenters. The number of rotatable bonds is 7. The quantitative estimate of drug-likeness (QED) is 0.800. The van der Waals surface area contributed by atoms with Crippen LogP contribution in [0.15, 0.2) is 24.3 Å². The van der Waals surface area contributed by atoms with Crippen LogP contribution >= 0.6 is 0 Å². The van der Waals surface area contributed by atoms with Crippen LogP contribution in [0, 0.1) is 11.8 Å². The molecule has 1 aromatic carbocycles. The molecule has 2 aliphatic heterocycles. The van der Waals surface area contributed by atoms with E-state index in [4.69, 9.17) is 0 Å². The van der Waals surface area contributed by atoms with Gasteiger partial charge in [-0.05, 0) is 74.8 Å². The monoisotopic (exact) mass is 343 g/mol. The standard InChI is InChI=1S/C21H33N3O/c1-17(18-9-6-10-22-14-18)13-21(25)23-15-19-7-2-3-8-20(19)16-24-11-4-5-12-24/h2-3,7-8,17-18,22H,4-6,9-16H2,1H3,(H,23,25). The zero-order chi connectivity index (χ0) is 17.5. The molecule has 1 aromatic rings. The number of benzene rings is 1. The second-order valence-electron chi connectivity index (χ2n) is 7.82. The summed E-state index contributed by atoms with van der Waals surface area (Å²) < 4.78 is 0. The van der Waals surface area contributed by atoms with Crippen LogP contribution < -0.4 is 10.6 Å². The Morgan fingerprint density at radius 1 is 1.24 bits per heavy atom. The molecule has 0 aromatic heterocycles. The lowest BCUT2D eigenvalue weighted by Gasteiger charge is -2.28. The third-order valence-corrected chi connectivity index (χ3v) is 5.83. The number of likely N-dealkylation sites (tertiary alicyclic amines) is 1. The zero-order valence-corrected chi connectivity index (χ0v) is 15.6. The molecule has 0 spiro atoms. The fourth-order valence-electron chi connectivity index (χ4n) is 4.16. The maximum atomic E-state index is 12.4. The summed E-state index contributed by atoms with van der Waals surface area (Å²) in [7, 11) is 0. The first-order valence-corrected chi connectivity index (χ1v) is 9.99. The molecule has 3 rings (SSSR count). The van der Waals surface area contributed by atoms with Gasteiger partial charge in [-0.15, -0.1) is 0 Å². The van der Waals surface area contributed by atoms with Gasteiger partial charge >= 0.3 is 0 Å². The zero-order valence-electron chi connectivity index (χ0n) is 15.6. The first-order valence-electron chi connectivity index (χ1n) is 9.99. The van der Waals surface area contributed by atoms with E-state index in [2.05, 4.69) is 46.7 Å². The Hall–Kier alpha value is -1.39. The summed E-state index contributed by atoms with van der Waals surface area (Å²) in [5.74, 6) is 1.28. The van der Waals surface area contributed by atoms with Gasteiger partial charge in [-0.1, -0.05) is 31.2 Å². The Bertz CT molecular complexity index is 548. The van der Waals surface area contributed by atoms with E-state index in [1.54, 1.807) is 0 Å². The van der Waals surface area contributed by atoms with Gasteiger partial charge in [0.15, 0.2) is 0 Å². The van der Waals surface area contributed by atoms with Crippen molar-refractivity contribution in [3.05, 3.63) is 35.4 Å². The molecule has 2 aliphatic rings. The SMILES string of the molecule is CC(CC(=O)NCc1ccccc1CN1CCCC1)C1CCCNC1. The van der Waals surface area contributed by atoms with Crippen LogP contribution in [-0.2, 0) is 17.9 Å². The van der Waals surface area contributed by atoms with Gasteiger partial charge in [0.05, 0.1) is 0 Å². The van der Waals surface area contributed by atoms with Gasteiger partial charge in [0.1, 0.15) is 0 Å². The molecule has 4 heteroatoms. The van der Waals surface area contributed by atoms with Crippen molar-refractivity contribution >= 4 is 5.91 Å². The number of hydrogen-bond donors (Lipinski definition) is 2. The number of hydrogen-bond acceptors (Lipinski definition) is 3. The molecule has 1 amide bonds. The Morgan fingerprint density at radius 2 is 2.00 bits per heavy atom. The van der Waals surface area contributed by atoms with E-state index in [9.17, 15) is 4.79 Å². The number of amides is 1. The predicted octanol–water partition coefficient (Wildman–Crippen LogP) is 2.92. The molecule has 0 aliphatic carbocycles. The summed E-state index contributed by atoms with van der Waals surface area (Å²) in [6, 6.07) is 8.54. The van der Waals surface area contributed by atoms with Gasteiger partial charge in [0, 0.05) is 19.5 Å². The highest BCUT2D eigenvalue weighted by Gasteiger charge is 2.22. The number of nitrogens with zero attached hydrogens (tertiary/aromatic N) is 1. The van der Waals surface area contributed by atoms with Crippen LogP contribution in [0.2, 0.25) is 0 Å². The lowest BCUT2D eigenvalue weighted by molar-refractivity contribution is -0.122. The van der Waals surface area contributed by atoms with Crippen molar-refractivity contribution in [2.24, 2.45) is 11.8 Å². The Labute approximate surface area is 152 Å². The molecular weight excluding hydrogens is 310 g/mol. The molecule has 0 radical (unpaired) electrons. The number of carbonyl (C=O) groups excluding carboxylic acids is 1. The van der Waals surface area contributed by atoms with Crippen molar-refractivity contribution in [2.45, 2.75) is 52.1 Å². The van der Waals surface area contributed by atoms with Crippen LogP contribution in [0.1, 0.15) is 50.2 Å². The first kappa shape index (κ1) is 18.4. The van der Waals surface area contributed by atoms with E-state index in [1.807, 2.05) is 0 Å². The maximum absolute atomic E-state index is 12.4. The van der Waals surface area contributed by atoms with Gasteiger partial charge in [0.2, 0.25) is 5.91 Å². The minimum absolute atomic E-state index is 0.189. The summed E-state index contributed by atoms with van der Waals surface area (Å²) in [6.45, 7) is 8.48. The van der Waals surface area contributed by atoms with Crippen LogP contribution in [0.3, 0.4) is 0 Å². The Balaban J connectivity index is 1.48. The van der Waals surface area contributed by atoms with Crippen LogP contribution in [0.5, 0.6) is 0 Å². The van der Waals surface area contributed by atoms with Gasteiger partial charge < -0.3 is 10.6 Å². The van der Waals surface area contributed by atoms with Crippen LogP contribution in [0.25, 0.3) is 0 Å². The van der Waals surface area contributed by atoms with Crippen molar-refractivity contribution in [3.8, 4) is 0 Å². The van der Waals surface area contributed by atoms with Crippen LogP contribution in [0.4, 0.5) is 0 Å². The van der Waals surface area contributed by atoms with E-state index < -0.39 is 0 Å². The normalized spacial score (nSPS) is 22.7. The average Bonchev–Trinajstić information content (AvgIpc) is 3.15. The average molecular weight is 344 g/mol. The largest absolute Gasteiger partial charge is 0.352 e. The highest BCUT2D eigenvalue weighted by molar-refractivity contribution is 5.76. The molecule has 0 bridgehead atoms. The van der Waals surface area contributed by atoms with Gasteiger partial charge in [0.25, 0.3) is 0 Å². The minimum Gasteiger partial charge on any atom is -0.352 e. The first-order chi connectivity index (χ1) is 12.2. The third-order valence-electron chi connectivity index (χ3n) is 5.83. The molecule has 138 valence electrons. The van der Waals surface area contributed by atoms with E-state index in [1.165, 1.54) is 49.9 Å². The second-order valence-corrected chi connectivity index (χ2v) is 7.82. The fraction of sp³-hybridized carbons (Fsp3) is 0.667. The third kappa shape index (κ3) is 5.55. The van der Waals surface area contributed by atoms with E-state index >= 15 is 0 Å². The molecule has 2 fully saturated rings. The van der Waals surface area contributed by atoms with Gasteiger partial charge in [-0.3, -0.25) is 9.69 Å². The molecule has 0 saturated carbocycles. The van der Waals surface area contributed by atoms with Gasteiger partial charge in [-0.25, -0.2) is 0 Å². The number of carbonyl (C=O) groups is 1. The molecular formula is C21H33N3O. The molecule has 25 heavy (non-hydrogen) atoms. The summed E-state index contributed by atoms with van der Waals surface area (Å²) >= 11 is 0. The molecule has 2 N–H and O–H groups in total. The highest BCUT2D eigenvalue weighted by atomic mass is 16.1. The summed E-state index contributed by atoms with van der Waals surface area (Å²) in [5.41, 5.74) is 2.61. The summed E-state index contributed by atoms with van der Waals surface area (Å²) in [5, 5.41) is 6.61. The predicted molar refractivity (Wildman–Crippen MR) is 102 cm³/mol. The van der Waals surface area contributed by atoms with Crippen molar-refractivity contribution in [1.29, 1.82) is 0 Å². The van der Waals surface area contributed by atoms with Crippen molar-refractivity contribution in [2.75, 3.05) is 26.2 Å².